The summed E-state index contributed by atoms with van der Waals surface area (Å²) < 4.78 is 11.5. The van der Waals surface area contributed by atoms with E-state index in [1.807, 2.05) is 24.3 Å². The summed E-state index contributed by atoms with van der Waals surface area (Å²) in [4.78, 5) is 12.4. The quantitative estimate of drug-likeness (QED) is 0.402. The van der Waals surface area contributed by atoms with Gasteiger partial charge in [-0.1, -0.05) is 45.7 Å². The highest BCUT2D eigenvalue weighted by Gasteiger charge is 2.10. The van der Waals surface area contributed by atoms with Gasteiger partial charge in [0.1, 0.15) is 11.5 Å². The molecule has 2 N–H and O–H groups in total. The number of carbonyl (C=O) groups is 1. The Balaban J connectivity index is 1.88. The van der Waals surface area contributed by atoms with Gasteiger partial charge in [-0.3, -0.25) is 10.1 Å². The van der Waals surface area contributed by atoms with Crippen molar-refractivity contribution in [3.05, 3.63) is 54.1 Å². The monoisotopic (exact) mass is 414 g/mol. The molecule has 0 aliphatic heterocycles. The van der Waals surface area contributed by atoms with Crippen LogP contribution in [0.15, 0.2) is 48.5 Å². The van der Waals surface area contributed by atoms with Crippen molar-refractivity contribution in [2.75, 3.05) is 18.5 Å². The third-order valence-corrected chi connectivity index (χ3v) is 4.27. The van der Waals surface area contributed by atoms with Crippen molar-refractivity contribution in [3.8, 4) is 11.5 Å². The van der Waals surface area contributed by atoms with Gasteiger partial charge in [0.2, 0.25) is 0 Å². The maximum absolute atomic E-state index is 12.4. The summed E-state index contributed by atoms with van der Waals surface area (Å²) in [7, 11) is 0. The van der Waals surface area contributed by atoms with E-state index in [9.17, 15) is 4.79 Å². The van der Waals surface area contributed by atoms with E-state index in [1.54, 1.807) is 24.3 Å². The highest BCUT2D eigenvalue weighted by atomic mass is 32.1. The molecule has 0 saturated carbocycles. The maximum Gasteiger partial charge on any atom is 0.257 e. The van der Waals surface area contributed by atoms with Crippen LogP contribution in [0, 0.1) is 5.92 Å². The highest BCUT2D eigenvalue weighted by molar-refractivity contribution is 7.80. The summed E-state index contributed by atoms with van der Waals surface area (Å²) in [5.74, 6) is 1.59. The van der Waals surface area contributed by atoms with Gasteiger partial charge < -0.3 is 14.8 Å². The van der Waals surface area contributed by atoms with Crippen molar-refractivity contribution >= 4 is 28.9 Å². The Morgan fingerprint density at radius 3 is 2.45 bits per heavy atom. The van der Waals surface area contributed by atoms with Crippen molar-refractivity contribution in [3.63, 3.8) is 0 Å². The van der Waals surface area contributed by atoms with E-state index >= 15 is 0 Å². The van der Waals surface area contributed by atoms with Crippen molar-refractivity contribution in [2.45, 2.75) is 40.0 Å². The number of nitrogens with one attached hydrogen (secondary N) is 2. The Kier molecular flexibility index (Phi) is 9.44. The average Bonchev–Trinajstić information content (AvgIpc) is 2.71. The number of ether oxygens (including phenoxy) is 2. The predicted octanol–water partition coefficient (Wildman–Crippen LogP) is 5.42. The molecule has 2 rings (SSSR count). The first-order valence-electron chi connectivity index (χ1n) is 10.1. The molecule has 0 atom stereocenters. The number of carbonyl (C=O) groups excluding carboxylic acids is 1. The first kappa shape index (κ1) is 22.7. The van der Waals surface area contributed by atoms with Crippen LogP contribution >= 0.6 is 12.2 Å². The summed E-state index contributed by atoms with van der Waals surface area (Å²) in [6, 6.07) is 14.6. The van der Waals surface area contributed by atoms with E-state index in [0.717, 1.165) is 25.0 Å². The van der Waals surface area contributed by atoms with Gasteiger partial charge in [0.15, 0.2) is 5.11 Å². The maximum atomic E-state index is 12.4. The molecule has 2 aromatic rings. The van der Waals surface area contributed by atoms with Crippen LogP contribution < -0.4 is 20.1 Å². The Morgan fingerprint density at radius 1 is 1.03 bits per heavy atom. The lowest BCUT2D eigenvalue weighted by molar-refractivity contribution is 0.0977. The van der Waals surface area contributed by atoms with E-state index in [4.69, 9.17) is 21.7 Å². The van der Waals surface area contributed by atoms with E-state index in [-0.39, 0.29) is 11.0 Å². The van der Waals surface area contributed by atoms with Gasteiger partial charge in [-0.2, -0.15) is 0 Å². The van der Waals surface area contributed by atoms with Crippen molar-refractivity contribution in [1.82, 2.24) is 5.32 Å². The van der Waals surface area contributed by atoms with Crippen LogP contribution in [0.4, 0.5) is 5.69 Å². The molecule has 0 spiro atoms. The fourth-order valence-electron chi connectivity index (χ4n) is 2.53. The van der Waals surface area contributed by atoms with Crippen molar-refractivity contribution in [2.24, 2.45) is 5.92 Å². The number of benzene rings is 2. The van der Waals surface area contributed by atoms with Gasteiger partial charge in [0, 0.05) is 5.56 Å². The number of rotatable bonds is 10. The molecule has 0 aliphatic carbocycles. The van der Waals surface area contributed by atoms with E-state index in [1.165, 1.54) is 0 Å². The Bertz CT molecular complexity index is 791. The SMILES string of the molecule is CCCCCOc1ccc(C(=O)NC(=S)Nc2ccccc2OCC(C)C)cc1. The molecule has 0 bridgehead atoms. The molecule has 0 aromatic heterocycles. The second-order valence-corrected chi connectivity index (χ2v) is 7.60. The summed E-state index contributed by atoms with van der Waals surface area (Å²) in [5.41, 5.74) is 1.23. The zero-order valence-corrected chi connectivity index (χ0v) is 18.2. The standard InChI is InChI=1S/C23H30N2O3S/c1-4-5-8-15-27-19-13-11-18(12-14-19)22(26)25-23(29)24-20-9-6-7-10-21(20)28-16-17(2)3/h6-7,9-14,17H,4-5,8,15-16H2,1-3H3,(H2,24,25,26,29). The van der Waals surface area contributed by atoms with E-state index in [2.05, 4.69) is 31.4 Å². The molecule has 0 aliphatic rings. The number of anilines is 1. The molecule has 0 radical (unpaired) electrons. The molecule has 5 nitrogen and oxygen atoms in total. The van der Waals surface area contributed by atoms with Gasteiger partial charge in [0.25, 0.3) is 5.91 Å². The van der Waals surface area contributed by atoms with Crippen LogP contribution in [0.25, 0.3) is 0 Å². The molecular formula is C23H30N2O3S. The van der Waals surface area contributed by atoms with Crippen LogP contribution in [0.5, 0.6) is 11.5 Å². The molecule has 0 fully saturated rings. The van der Waals surface area contributed by atoms with Gasteiger partial charge in [0.05, 0.1) is 18.9 Å². The third-order valence-electron chi connectivity index (χ3n) is 4.07. The minimum atomic E-state index is -0.277. The number of hydrogen-bond acceptors (Lipinski definition) is 4. The Labute approximate surface area is 178 Å². The second kappa shape index (κ2) is 12.1. The third kappa shape index (κ3) is 8.11. The van der Waals surface area contributed by atoms with Gasteiger partial charge >= 0.3 is 0 Å². The smallest absolute Gasteiger partial charge is 0.257 e. The summed E-state index contributed by atoms with van der Waals surface area (Å²) in [6.07, 6.45) is 3.34. The first-order chi connectivity index (χ1) is 14.0. The highest BCUT2D eigenvalue weighted by Crippen LogP contribution is 2.24. The van der Waals surface area contributed by atoms with Crippen molar-refractivity contribution < 1.29 is 14.3 Å². The topological polar surface area (TPSA) is 59.6 Å². The summed E-state index contributed by atoms with van der Waals surface area (Å²) in [6.45, 7) is 7.62. The fourth-order valence-corrected chi connectivity index (χ4v) is 2.73. The van der Waals surface area contributed by atoms with Crippen LogP contribution in [0.2, 0.25) is 0 Å². The lowest BCUT2D eigenvalue weighted by Crippen LogP contribution is -2.34. The van der Waals surface area contributed by atoms with Crippen LogP contribution in [0.1, 0.15) is 50.4 Å². The van der Waals surface area contributed by atoms with Crippen LogP contribution in [0.3, 0.4) is 0 Å². The Morgan fingerprint density at radius 2 is 1.76 bits per heavy atom. The number of unbranched alkanes of at least 4 members (excludes halogenated alkanes) is 2. The summed E-state index contributed by atoms with van der Waals surface area (Å²) >= 11 is 5.29. The normalized spacial score (nSPS) is 10.5. The first-order valence-corrected chi connectivity index (χ1v) is 10.5. The molecule has 29 heavy (non-hydrogen) atoms. The lowest BCUT2D eigenvalue weighted by atomic mass is 10.2. The second-order valence-electron chi connectivity index (χ2n) is 7.19. The minimum Gasteiger partial charge on any atom is -0.494 e. The van der Waals surface area contributed by atoms with Crippen molar-refractivity contribution in [1.29, 1.82) is 0 Å². The molecule has 2 aromatic carbocycles. The predicted molar refractivity (Wildman–Crippen MR) is 122 cm³/mol. The molecular weight excluding hydrogens is 384 g/mol. The van der Waals surface area contributed by atoms with Crippen LogP contribution in [-0.2, 0) is 0 Å². The number of para-hydroxylation sites is 2. The largest absolute Gasteiger partial charge is 0.494 e. The van der Waals surface area contributed by atoms with Gasteiger partial charge in [-0.15, -0.1) is 0 Å². The van der Waals surface area contributed by atoms with Gasteiger partial charge in [-0.25, -0.2) is 0 Å². The molecule has 1 amide bonds. The zero-order valence-electron chi connectivity index (χ0n) is 17.4. The zero-order chi connectivity index (χ0) is 21.1. The van der Waals surface area contributed by atoms with E-state index < -0.39 is 0 Å². The molecule has 0 unspecified atom stereocenters. The molecule has 156 valence electrons. The number of amides is 1. The van der Waals surface area contributed by atoms with Gasteiger partial charge in [-0.05, 0) is 61.0 Å². The average molecular weight is 415 g/mol. The van der Waals surface area contributed by atoms with E-state index in [0.29, 0.717) is 36.1 Å². The molecule has 6 heteroatoms. The minimum absolute atomic E-state index is 0.218. The number of hydrogen-bond donors (Lipinski definition) is 2. The Hall–Kier alpha value is -2.60. The summed E-state index contributed by atoms with van der Waals surface area (Å²) in [5, 5.41) is 5.96. The molecule has 0 saturated heterocycles. The lowest BCUT2D eigenvalue weighted by Gasteiger charge is -2.15. The molecule has 0 heterocycles. The number of thiocarbonyl (C=S) groups is 1. The fraction of sp³-hybridized carbons (Fsp3) is 0.391. The van der Waals surface area contributed by atoms with Crippen LogP contribution in [-0.4, -0.2) is 24.2 Å².